The van der Waals surface area contributed by atoms with Crippen LogP contribution >= 0.6 is 0 Å². The van der Waals surface area contributed by atoms with Crippen LogP contribution in [0.2, 0.25) is 0 Å². The molecule has 0 aromatic rings. The highest BCUT2D eigenvalue weighted by Crippen LogP contribution is 2.35. The number of nitrogens with one attached hydrogen (secondary N) is 1. The molecule has 0 aliphatic heterocycles. The van der Waals surface area contributed by atoms with Crippen LogP contribution in [0.3, 0.4) is 0 Å². The van der Waals surface area contributed by atoms with E-state index in [0.29, 0.717) is 5.41 Å². The predicted octanol–water partition coefficient (Wildman–Crippen LogP) is 5.36. The fourth-order valence-electron chi connectivity index (χ4n) is 2.00. The monoisotopic (exact) mass is 245 g/mol. The van der Waals surface area contributed by atoms with Gasteiger partial charge in [-0.2, -0.15) is 0 Å². The van der Waals surface area contributed by atoms with E-state index in [1.54, 1.807) is 0 Å². The lowest BCUT2D eigenvalue weighted by atomic mass is 9.73. The molecule has 1 N–H and O–H groups in total. The Labute approximate surface area is 112 Å². The Bertz CT molecular complexity index is 127. The average molecular weight is 245 g/mol. The zero-order valence-corrected chi connectivity index (χ0v) is 14.3. The van der Waals surface area contributed by atoms with Gasteiger partial charge in [0.1, 0.15) is 0 Å². The lowest BCUT2D eigenvalue weighted by Gasteiger charge is -2.33. The van der Waals surface area contributed by atoms with Gasteiger partial charge in [-0.3, -0.25) is 0 Å². The van der Waals surface area contributed by atoms with E-state index in [0.717, 1.165) is 18.4 Å². The van der Waals surface area contributed by atoms with Crippen molar-refractivity contribution in [2.24, 2.45) is 17.3 Å². The van der Waals surface area contributed by atoms with Gasteiger partial charge in [0.25, 0.3) is 0 Å². The molecule has 1 unspecified atom stereocenters. The van der Waals surface area contributed by atoms with Gasteiger partial charge in [0.05, 0.1) is 0 Å². The molecule has 0 saturated heterocycles. The van der Waals surface area contributed by atoms with E-state index in [2.05, 4.69) is 39.9 Å². The Balaban J connectivity index is -0.000000439. The molecule has 0 aromatic carbocycles. The molecule has 0 aliphatic rings. The summed E-state index contributed by atoms with van der Waals surface area (Å²) < 4.78 is 0. The molecule has 0 radical (unpaired) electrons. The smallest absolute Gasteiger partial charge is 0.00492 e. The summed E-state index contributed by atoms with van der Waals surface area (Å²) in [6.45, 7) is 20.9. The maximum atomic E-state index is 3.22. The van der Waals surface area contributed by atoms with Gasteiger partial charge in [0, 0.05) is 0 Å². The van der Waals surface area contributed by atoms with Gasteiger partial charge < -0.3 is 5.32 Å². The van der Waals surface area contributed by atoms with Crippen molar-refractivity contribution in [2.75, 3.05) is 13.6 Å². The van der Waals surface area contributed by atoms with Crippen molar-refractivity contribution in [1.29, 1.82) is 0 Å². The molecule has 1 nitrogen and oxygen atoms in total. The van der Waals surface area contributed by atoms with E-state index in [4.69, 9.17) is 0 Å². The molecule has 17 heavy (non-hydrogen) atoms. The lowest BCUT2D eigenvalue weighted by Crippen LogP contribution is -2.26. The molecule has 0 amide bonds. The number of rotatable bonds is 6. The van der Waals surface area contributed by atoms with Crippen molar-refractivity contribution in [3.63, 3.8) is 0 Å². The summed E-state index contributed by atoms with van der Waals surface area (Å²) in [6, 6.07) is 0. The molecule has 0 fully saturated rings. The third kappa shape index (κ3) is 13.9. The summed E-state index contributed by atoms with van der Waals surface area (Å²) >= 11 is 0. The number of hydrogen-bond donors (Lipinski definition) is 1. The minimum Gasteiger partial charge on any atom is -0.320 e. The zero-order valence-electron chi connectivity index (χ0n) is 14.3. The summed E-state index contributed by atoms with van der Waals surface area (Å²) in [6.07, 6.45) is 2.62. The highest BCUT2D eigenvalue weighted by atomic mass is 14.8. The van der Waals surface area contributed by atoms with Crippen molar-refractivity contribution in [3.8, 4) is 0 Å². The first-order valence-corrected chi connectivity index (χ1v) is 7.54. The molecule has 0 bridgehead atoms. The molecule has 0 rings (SSSR count). The van der Waals surface area contributed by atoms with Crippen LogP contribution in [0, 0.1) is 17.3 Å². The maximum Gasteiger partial charge on any atom is -0.00492 e. The fourth-order valence-corrected chi connectivity index (χ4v) is 2.00. The molecule has 1 atom stereocenters. The first kappa shape index (κ1) is 22.2. The summed E-state index contributed by atoms with van der Waals surface area (Å²) in [4.78, 5) is 0. The third-order valence-corrected chi connectivity index (χ3v) is 3.10. The summed E-state index contributed by atoms with van der Waals surface area (Å²) in [7, 11) is 2.03. The first-order valence-electron chi connectivity index (χ1n) is 7.54. The maximum absolute atomic E-state index is 3.22. The molecule has 1 heteroatoms. The second kappa shape index (κ2) is 14.0. The van der Waals surface area contributed by atoms with Crippen LogP contribution in [-0.4, -0.2) is 13.6 Å². The quantitative estimate of drug-likeness (QED) is 0.664. The molecular weight excluding hydrogens is 206 g/mol. The Hall–Kier alpha value is -0.0400. The van der Waals surface area contributed by atoms with Crippen LogP contribution < -0.4 is 5.32 Å². The van der Waals surface area contributed by atoms with Crippen molar-refractivity contribution in [2.45, 2.75) is 75.2 Å². The minimum atomic E-state index is 0.491. The highest BCUT2D eigenvalue weighted by molar-refractivity contribution is 4.76. The van der Waals surface area contributed by atoms with Gasteiger partial charge in [-0.25, -0.2) is 0 Å². The predicted molar refractivity (Wildman–Crippen MR) is 83.6 cm³/mol. The van der Waals surface area contributed by atoms with Crippen molar-refractivity contribution < 1.29 is 0 Å². The largest absolute Gasteiger partial charge is 0.320 e. The van der Waals surface area contributed by atoms with E-state index in [-0.39, 0.29) is 0 Å². The summed E-state index contributed by atoms with van der Waals surface area (Å²) in [5, 5.41) is 3.22. The van der Waals surface area contributed by atoms with Crippen LogP contribution in [0.25, 0.3) is 0 Å². The third-order valence-electron chi connectivity index (χ3n) is 3.10. The Morgan fingerprint density at radius 3 is 1.65 bits per heavy atom. The van der Waals surface area contributed by atoms with Crippen LogP contribution in [-0.2, 0) is 0 Å². The molecule has 108 valence electrons. The van der Waals surface area contributed by atoms with Crippen molar-refractivity contribution >= 4 is 0 Å². The molecule has 0 saturated carbocycles. The Kier molecular flexibility index (Phi) is 18.3. The molecule has 0 aromatic heterocycles. The van der Waals surface area contributed by atoms with E-state index >= 15 is 0 Å². The number of hydrogen-bond acceptors (Lipinski definition) is 1. The van der Waals surface area contributed by atoms with E-state index in [1.807, 2.05) is 34.7 Å². The van der Waals surface area contributed by atoms with Gasteiger partial charge in [0.15, 0.2) is 0 Å². The normalized spacial score (nSPS) is 12.2. The van der Waals surface area contributed by atoms with Crippen LogP contribution in [0.4, 0.5) is 0 Å². The molecule has 0 heterocycles. The second-order valence-electron chi connectivity index (χ2n) is 5.38. The van der Waals surface area contributed by atoms with Crippen molar-refractivity contribution in [1.82, 2.24) is 5.32 Å². The van der Waals surface area contributed by atoms with Crippen molar-refractivity contribution in [3.05, 3.63) is 0 Å². The van der Waals surface area contributed by atoms with Gasteiger partial charge in [-0.1, -0.05) is 62.3 Å². The molecule has 0 aliphatic carbocycles. The highest BCUT2D eigenvalue weighted by Gasteiger charge is 2.25. The van der Waals surface area contributed by atoms with Crippen LogP contribution in [0.1, 0.15) is 75.2 Å². The minimum absolute atomic E-state index is 0.491. The second-order valence-corrected chi connectivity index (χ2v) is 5.38. The lowest BCUT2D eigenvalue weighted by molar-refractivity contribution is 0.175. The SMILES string of the molecule is CC.CC.CNCCC(C)C(C)(C)CC(C)C. The Morgan fingerprint density at radius 2 is 1.35 bits per heavy atom. The van der Waals surface area contributed by atoms with E-state index in [1.165, 1.54) is 12.8 Å². The van der Waals surface area contributed by atoms with Crippen LogP contribution in [0.5, 0.6) is 0 Å². The van der Waals surface area contributed by atoms with Gasteiger partial charge in [-0.05, 0) is 43.7 Å². The van der Waals surface area contributed by atoms with E-state index in [9.17, 15) is 0 Å². The standard InChI is InChI=1S/C12H27N.2C2H6/c1-10(2)9-12(4,5)11(3)7-8-13-6;2*1-2/h10-11,13H,7-9H2,1-6H3;2*1-2H3. The average Bonchev–Trinajstić information content (AvgIpc) is 2.29. The van der Waals surface area contributed by atoms with Crippen LogP contribution in [0.15, 0.2) is 0 Å². The summed E-state index contributed by atoms with van der Waals surface area (Å²) in [5.41, 5.74) is 0.491. The molecular formula is C16H39N. The van der Waals surface area contributed by atoms with Gasteiger partial charge >= 0.3 is 0 Å². The van der Waals surface area contributed by atoms with Gasteiger partial charge in [-0.15, -0.1) is 0 Å². The van der Waals surface area contributed by atoms with E-state index < -0.39 is 0 Å². The fraction of sp³-hybridized carbons (Fsp3) is 1.00. The topological polar surface area (TPSA) is 12.0 Å². The Morgan fingerprint density at radius 1 is 0.941 bits per heavy atom. The van der Waals surface area contributed by atoms with Gasteiger partial charge in [0.2, 0.25) is 0 Å². The zero-order chi connectivity index (χ0) is 14.5. The first-order chi connectivity index (χ1) is 7.90. The summed E-state index contributed by atoms with van der Waals surface area (Å²) in [5.74, 6) is 1.62. The molecule has 0 spiro atoms.